The number of ketones is 1. The average molecular weight is 286 g/mol. The van der Waals surface area contributed by atoms with Gasteiger partial charge in [-0.15, -0.1) is 0 Å². The molecular formula is C15H18N4O2. The van der Waals surface area contributed by atoms with Gasteiger partial charge in [-0.1, -0.05) is 6.07 Å². The minimum atomic E-state index is -0.241. The van der Waals surface area contributed by atoms with Gasteiger partial charge in [-0.3, -0.25) is 9.59 Å². The molecule has 0 aliphatic heterocycles. The second-order valence-electron chi connectivity index (χ2n) is 4.80. The van der Waals surface area contributed by atoms with Crippen LogP contribution in [0.2, 0.25) is 0 Å². The van der Waals surface area contributed by atoms with Gasteiger partial charge in [-0.05, 0) is 17.7 Å². The monoisotopic (exact) mass is 286 g/mol. The van der Waals surface area contributed by atoms with Crippen LogP contribution in [0.3, 0.4) is 0 Å². The van der Waals surface area contributed by atoms with Gasteiger partial charge in [-0.25, -0.2) is 4.99 Å². The number of aliphatic imine (C=N–C) groups is 1. The van der Waals surface area contributed by atoms with Crippen LogP contribution in [0.15, 0.2) is 23.2 Å². The molecule has 0 unspecified atom stereocenters. The van der Waals surface area contributed by atoms with Crippen LogP contribution in [0.25, 0.3) is 0 Å². The second-order valence-corrected chi connectivity index (χ2v) is 4.80. The van der Waals surface area contributed by atoms with Crippen LogP contribution in [-0.2, 0) is 16.0 Å². The number of rotatable bonds is 6. The number of hydrogen-bond acceptors (Lipinski definition) is 4. The molecule has 1 amide bonds. The molecule has 1 rings (SSSR count). The highest BCUT2D eigenvalue weighted by atomic mass is 16.2. The summed E-state index contributed by atoms with van der Waals surface area (Å²) in [6, 6.07) is 7.18. The highest BCUT2D eigenvalue weighted by Gasteiger charge is 2.07. The average Bonchev–Trinajstić information content (AvgIpc) is 2.43. The van der Waals surface area contributed by atoms with Gasteiger partial charge in [0.2, 0.25) is 5.91 Å². The van der Waals surface area contributed by atoms with E-state index in [1.54, 1.807) is 29.4 Å². The van der Waals surface area contributed by atoms with E-state index in [4.69, 9.17) is 5.26 Å². The maximum absolute atomic E-state index is 11.7. The maximum atomic E-state index is 11.7. The highest BCUT2D eigenvalue weighted by Crippen LogP contribution is 2.20. The molecule has 1 N–H and O–H groups in total. The summed E-state index contributed by atoms with van der Waals surface area (Å²) in [6.45, 7) is 1.36. The van der Waals surface area contributed by atoms with E-state index in [0.717, 1.165) is 5.56 Å². The molecule has 0 spiro atoms. The van der Waals surface area contributed by atoms with Crippen molar-refractivity contribution in [1.29, 1.82) is 5.26 Å². The lowest BCUT2D eigenvalue weighted by molar-refractivity contribution is -0.123. The van der Waals surface area contributed by atoms with Gasteiger partial charge < -0.3 is 10.2 Å². The Balaban J connectivity index is 2.81. The molecule has 0 saturated heterocycles. The van der Waals surface area contributed by atoms with E-state index in [2.05, 4.69) is 16.4 Å². The lowest BCUT2D eigenvalue weighted by atomic mass is 10.0. The number of nitrogens with one attached hydrogen (secondary N) is 1. The van der Waals surface area contributed by atoms with Crippen LogP contribution in [0.1, 0.15) is 18.1 Å². The summed E-state index contributed by atoms with van der Waals surface area (Å²) in [5.41, 5.74) is 1.70. The molecule has 6 heteroatoms. The van der Waals surface area contributed by atoms with E-state index in [9.17, 15) is 9.59 Å². The molecule has 0 atom stereocenters. The predicted molar refractivity (Wildman–Crippen MR) is 80.4 cm³/mol. The molecule has 6 nitrogen and oxygen atoms in total. The van der Waals surface area contributed by atoms with Crippen LogP contribution >= 0.6 is 0 Å². The Kier molecular flexibility index (Phi) is 6.08. The van der Waals surface area contributed by atoms with E-state index in [1.807, 2.05) is 14.1 Å². The number of carbonyl (C=O) groups is 2. The van der Waals surface area contributed by atoms with Crippen LogP contribution in [0, 0.1) is 11.3 Å². The van der Waals surface area contributed by atoms with Gasteiger partial charge in [0.25, 0.3) is 0 Å². The first-order chi connectivity index (χ1) is 9.92. The van der Waals surface area contributed by atoms with Crippen molar-refractivity contribution in [2.45, 2.75) is 13.3 Å². The molecule has 0 aromatic heterocycles. The van der Waals surface area contributed by atoms with Crippen LogP contribution in [-0.4, -0.2) is 43.6 Å². The van der Waals surface area contributed by atoms with Crippen molar-refractivity contribution in [3.8, 4) is 6.07 Å². The number of carbonyl (C=O) groups excluding carboxylic acids is 2. The molecule has 1 aromatic rings. The first-order valence-electron chi connectivity index (χ1n) is 6.42. The molecule has 1 aromatic carbocycles. The fraction of sp³-hybridized carbons (Fsp3) is 0.333. The van der Waals surface area contributed by atoms with E-state index in [0.29, 0.717) is 11.3 Å². The molecule has 0 saturated carbocycles. The minimum Gasteiger partial charge on any atom is -0.369 e. The number of amides is 1. The number of nitriles is 1. The van der Waals surface area contributed by atoms with Crippen molar-refractivity contribution < 1.29 is 9.59 Å². The van der Waals surface area contributed by atoms with Crippen molar-refractivity contribution in [1.82, 2.24) is 10.2 Å². The Labute approximate surface area is 124 Å². The highest BCUT2D eigenvalue weighted by molar-refractivity contribution is 5.86. The van der Waals surface area contributed by atoms with Crippen molar-refractivity contribution in [2.75, 3.05) is 20.6 Å². The zero-order valence-corrected chi connectivity index (χ0v) is 12.4. The first kappa shape index (κ1) is 16.4. The van der Waals surface area contributed by atoms with Crippen molar-refractivity contribution >= 4 is 23.7 Å². The van der Waals surface area contributed by atoms with Gasteiger partial charge >= 0.3 is 0 Å². The zero-order chi connectivity index (χ0) is 15.8. The molecular weight excluding hydrogens is 268 g/mol. The molecule has 0 aliphatic carbocycles. The Morgan fingerprint density at radius 3 is 2.71 bits per heavy atom. The smallest absolute Gasteiger partial charge is 0.217 e. The van der Waals surface area contributed by atoms with E-state index >= 15 is 0 Å². The normalized spacial score (nSPS) is 10.2. The van der Waals surface area contributed by atoms with Gasteiger partial charge in [0, 0.05) is 27.4 Å². The summed E-state index contributed by atoms with van der Waals surface area (Å²) in [4.78, 5) is 28.4. The standard InChI is InChI=1S/C15H18N4O2/c1-11(20)17-9-14(21)7-12-4-5-15(13(6-12)8-16)18-10-19(2)3/h4-6,10H,7,9H2,1-3H3,(H,17,20). The Morgan fingerprint density at radius 1 is 1.43 bits per heavy atom. The fourth-order valence-corrected chi connectivity index (χ4v) is 1.59. The molecule has 0 bridgehead atoms. The summed E-state index contributed by atoms with van der Waals surface area (Å²) in [7, 11) is 3.68. The number of hydrogen-bond donors (Lipinski definition) is 1. The molecule has 21 heavy (non-hydrogen) atoms. The SMILES string of the molecule is CC(=O)NCC(=O)Cc1ccc(N=CN(C)C)c(C#N)c1. The first-order valence-corrected chi connectivity index (χ1v) is 6.42. The Morgan fingerprint density at radius 2 is 2.14 bits per heavy atom. The topological polar surface area (TPSA) is 85.6 Å². The molecule has 0 heterocycles. The zero-order valence-electron chi connectivity index (χ0n) is 12.4. The fourth-order valence-electron chi connectivity index (χ4n) is 1.59. The Hall–Kier alpha value is -2.68. The number of nitrogens with zero attached hydrogens (tertiary/aromatic N) is 3. The molecule has 0 radical (unpaired) electrons. The third kappa shape index (κ3) is 5.87. The van der Waals surface area contributed by atoms with E-state index in [1.165, 1.54) is 6.92 Å². The molecule has 0 fully saturated rings. The lowest BCUT2D eigenvalue weighted by Gasteiger charge is -2.06. The van der Waals surface area contributed by atoms with Gasteiger partial charge in [0.05, 0.1) is 24.1 Å². The molecule has 110 valence electrons. The summed E-state index contributed by atoms with van der Waals surface area (Å²) < 4.78 is 0. The number of benzene rings is 1. The largest absolute Gasteiger partial charge is 0.369 e. The van der Waals surface area contributed by atoms with Gasteiger partial charge in [0.1, 0.15) is 6.07 Å². The lowest BCUT2D eigenvalue weighted by Crippen LogP contribution is -2.28. The van der Waals surface area contributed by atoms with E-state index < -0.39 is 0 Å². The third-order valence-electron chi connectivity index (χ3n) is 2.54. The van der Waals surface area contributed by atoms with Crippen molar-refractivity contribution in [3.05, 3.63) is 29.3 Å². The van der Waals surface area contributed by atoms with Crippen LogP contribution in [0.4, 0.5) is 5.69 Å². The van der Waals surface area contributed by atoms with Crippen molar-refractivity contribution in [3.63, 3.8) is 0 Å². The molecule has 0 aliphatic rings. The third-order valence-corrected chi connectivity index (χ3v) is 2.54. The Bertz CT molecular complexity index is 600. The summed E-state index contributed by atoms with van der Waals surface area (Å²) in [5.74, 6) is -0.354. The number of Topliss-reactive ketones (excluding diaryl/α,β-unsaturated/α-hetero) is 1. The summed E-state index contributed by atoms with van der Waals surface area (Å²) in [5, 5.41) is 11.6. The minimum absolute atomic E-state index is 0.00223. The summed E-state index contributed by atoms with van der Waals surface area (Å²) >= 11 is 0. The second kappa shape index (κ2) is 7.80. The predicted octanol–water partition coefficient (Wildman–Crippen LogP) is 1.03. The summed E-state index contributed by atoms with van der Waals surface area (Å²) in [6.07, 6.45) is 1.78. The quantitative estimate of drug-likeness (QED) is 0.625. The van der Waals surface area contributed by atoms with Gasteiger partial charge in [-0.2, -0.15) is 5.26 Å². The van der Waals surface area contributed by atoms with Gasteiger partial charge in [0.15, 0.2) is 5.78 Å². The van der Waals surface area contributed by atoms with Crippen LogP contribution < -0.4 is 5.32 Å². The van der Waals surface area contributed by atoms with Crippen molar-refractivity contribution in [2.24, 2.45) is 4.99 Å². The van der Waals surface area contributed by atoms with E-state index in [-0.39, 0.29) is 24.7 Å². The van der Waals surface area contributed by atoms with Crippen LogP contribution in [0.5, 0.6) is 0 Å². The maximum Gasteiger partial charge on any atom is 0.217 e.